The Hall–Kier alpha value is -2.25. The first-order valence-corrected chi connectivity index (χ1v) is 7.74. The number of rotatable bonds is 4. The summed E-state index contributed by atoms with van der Waals surface area (Å²) in [5, 5.41) is 24.8. The molecule has 2 aromatic heterocycles. The van der Waals surface area contributed by atoms with Crippen molar-refractivity contribution in [3.63, 3.8) is 0 Å². The van der Waals surface area contributed by atoms with Crippen molar-refractivity contribution < 1.29 is 9.90 Å². The Morgan fingerprint density at radius 3 is 3.00 bits per heavy atom. The van der Waals surface area contributed by atoms with Crippen LogP contribution < -0.4 is 5.32 Å². The monoisotopic (exact) mass is 316 g/mol. The highest BCUT2D eigenvalue weighted by atomic mass is 32.1. The van der Waals surface area contributed by atoms with Crippen molar-refractivity contribution in [2.24, 2.45) is 7.05 Å². The van der Waals surface area contributed by atoms with Gasteiger partial charge in [0, 0.05) is 12.6 Å². The van der Waals surface area contributed by atoms with Crippen molar-refractivity contribution in [1.82, 2.24) is 20.3 Å². The summed E-state index contributed by atoms with van der Waals surface area (Å²) in [5.41, 5.74) is 1.73. The topological polar surface area (TPSA) is 80.0 Å². The maximum atomic E-state index is 12.2. The zero-order valence-electron chi connectivity index (χ0n) is 12.3. The van der Waals surface area contributed by atoms with Gasteiger partial charge in [-0.2, -0.15) is 11.3 Å². The first-order chi connectivity index (χ1) is 10.5. The van der Waals surface area contributed by atoms with E-state index in [1.807, 2.05) is 16.8 Å². The predicted molar refractivity (Wildman–Crippen MR) is 84.7 cm³/mol. The smallest absolute Gasteiger partial charge is 0.251 e. The molecule has 0 bridgehead atoms. The number of benzene rings is 1. The molecule has 1 amide bonds. The first-order valence-electron chi connectivity index (χ1n) is 6.80. The number of fused-ring (bicyclic) bond motifs is 1. The Balaban J connectivity index is 1.73. The molecule has 0 spiro atoms. The maximum Gasteiger partial charge on any atom is 0.251 e. The summed E-state index contributed by atoms with van der Waals surface area (Å²) in [7, 11) is 1.80. The maximum absolute atomic E-state index is 12.2. The summed E-state index contributed by atoms with van der Waals surface area (Å²) >= 11 is 1.51. The molecule has 3 aromatic rings. The minimum atomic E-state index is -1.09. The Morgan fingerprint density at radius 1 is 1.45 bits per heavy atom. The molecule has 7 heteroatoms. The minimum Gasteiger partial charge on any atom is -0.384 e. The van der Waals surface area contributed by atoms with Crippen LogP contribution in [0.1, 0.15) is 22.8 Å². The van der Waals surface area contributed by atoms with Gasteiger partial charge in [-0.3, -0.25) is 4.79 Å². The molecule has 0 saturated heterocycles. The second-order valence-electron chi connectivity index (χ2n) is 5.39. The number of carbonyl (C=O) groups is 1. The van der Waals surface area contributed by atoms with E-state index in [1.54, 1.807) is 36.9 Å². The van der Waals surface area contributed by atoms with E-state index in [0.717, 1.165) is 11.1 Å². The predicted octanol–water partition coefficient (Wildman–Crippen LogP) is 1.67. The number of hydrogen-bond acceptors (Lipinski definition) is 5. The van der Waals surface area contributed by atoms with Crippen molar-refractivity contribution in [3.05, 3.63) is 46.2 Å². The van der Waals surface area contributed by atoms with Gasteiger partial charge in [0.1, 0.15) is 11.1 Å². The number of nitrogens with one attached hydrogen (secondary N) is 1. The van der Waals surface area contributed by atoms with Crippen LogP contribution in [0.4, 0.5) is 0 Å². The number of aromatic nitrogens is 3. The summed E-state index contributed by atoms with van der Waals surface area (Å²) in [5.74, 6) is -0.247. The molecule has 3 rings (SSSR count). The van der Waals surface area contributed by atoms with Crippen LogP contribution in [0.15, 0.2) is 35.0 Å². The average molecular weight is 316 g/mol. The number of carbonyl (C=O) groups excluding carboxylic acids is 1. The third-order valence-electron chi connectivity index (χ3n) is 3.61. The first kappa shape index (κ1) is 14.7. The zero-order valence-corrected chi connectivity index (χ0v) is 13.1. The third-order valence-corrected chi connectivity index (χ3v) is 4.29. The second kappa shape index (κ2) is 5.51. The normalized spacial score (nSPS) is 14.0. The number of amides is 1. The highest BCUT2D eigenvalue weighted by Gasteiger charge is 2.24. The molecule has 2 heterocycles. The number of hydrogen-bond donors (Lipinski definition) is 2. The average Bonchev–Trinajstić information content (AvgIpc) is 3.15. The van der Waals surface area contributed by atoms with E-state index >= 15 is 0 Å². The van der Waals surface area contributed by atoms with Crippen LogP contribution >= 0.6 is 11.3 Å². The Labute approximate surface area is 131 Å². The van der Waals surface area contributed by atoms with Gasteiger partial charge in [0.2, 0.25) is 0 Å². The summed E-state index contributed by atoms with van der Waals surface area (Å²) in [6.07, 6.45) is 0. The number of aliphatic hydroxyl groups is 1. The van der Waals surface area contributed by atoms with Crippen LogP contribution in [0.2, 0.25) is 0 Å². The van der Waals surface area contributed by atoms with Gasteiger partial charge in [-0.1, -0.05) is 5.21 Å². The summed E-state index contributed by atoms with van der Waals surface area (Å²) < 4.78 is 1.65. The van der Waals surface area contributed by atoms with Gasteiger partial charge >= 0.3 is 0 Å². The van der Waals surface area contributed by atoms with Gasteiger partial charge in [-0.15, -0.1) is 5.10 Å². The number of thiophene rings is 1. The molecule has 114 valence electrons. The summed E-state index contributed by atoms with van der Waals surface area (Å²) in [6.45, 7) is 1.82. The number of nitrogens with zero attached hydrogens (tertiary/aromatic N) is 3. The van der Waals surface area contributed by atoms with Crippen LogP contribution in [0, 0.1) is 0 Å². The fourth-order valence-corrected chi connectivity index (χ4v) is 2.99. The minimum absolute atomic E-state index is 0.140. The van der Waals surface area contributed by atoms with E-state index in [2.05, 4.69) is 15.6 Å². The van der Waals surface area contributed by atoms with Crippen LogP contribution in [0.25, 0.3) is 11.0 Å². The highest BCUT2D eigenvalue weighted by Crippen LogP contribution is 2.22. The van der Waals surface area contributed by atoms with Crippen molar-refractivity contribution in [1.29, 1.82) is 0 Å². The van der Waals surface area contributed by atoms with Gasteiger partial charge in [0.25, 0.3) is 5.91 Å². The summed E-state index contributed by atoms with van der Waals surface area (Å²) in [6, 6.07) is 7.07. The molecular weight excluding hydrogens is 300 g/mol. The molecule has 0 aliphatic heterocycles. The van der Waals surface area contributed by atoms with E-state index in [-0.39, 0.29) is 12.5 Å². The lowest BCUT2D eigenvalue weighted by Crippen LogP contribution is -2.38. The van der Waals surface area contributed by atoms with Gasteiger partial charge in [0.05, 0.1) is 12.1 Å². The molecule has 1 atom stereocenters. The van der Waals surface area contributed by atoms with Crippen molar-refractivity contribution in [2.45, 2.75) is 12.5 Å². The zero-order chi connectivity index (χ0) is 15.7. The lowest BCUT2D eigenvalue weighted by atomic mass is 9.99. The molecule has 6 nitrogen and oxygen atoms in total. The fourth-order valence-electron chi connectivity index (χ4n) is 2.21. The largest absolute Gasteiger partial charge is 0.384 e. The fraction of sp³-hybridized carbons (Fsp3) is 0.267. The Bertz CT molecular complexity index is 808. The van der Waals surface area contributed by atoms with E-state index < -0.39 is 5.60 Å². The SMILES string of the molecule is Cn1nnc2cc(C(=O)NCC(C)(O)c3ccsc3)ccc21. The van der Waals surface area contributed by atoms with Crippen LogP contribution in [0.3, 0.4) is 0 Å². The van der Waals surface area contributed by atoms with Crippen LogP contribution in [-0.2, 0) is 12.6 Å². The lowest BCUT2D eigenvalue weighted by molar-refractivity contribution is 0.0530. The van der Waals surface area contributed by atoms with E-state index in [9.17, 15) is 9.90 Å². The molecular formula is C15H16N4O2S. The Kier molecular flexibility index (Phi) is 3.67. The molecule has 0 aliphatic carbocycles. The number of aryl methyl sites for hydroxylation is 1. The molecule has 0 saturated carbocycles. The molecule has 2 N–H and O–H groups in total. The lowest BCUT2D eigenvalue weighted by Gasteiger charge is -2.22. The summed E-state index contributed by atoms with van der Waals surface area (Å²) in [4.78, 5) is 12.2. The molecule has 0 fully saturated rings. The van der Waals surface area contributed by atoms with Crippen molar-refractivity contribution in [2.75, 3.05) is 6.54 Å². The van der Waals surface area contributed by atoms with Gasteiger partial charge < -0.3 is 10.4 Å². The molecule has 22 heavy (non-hydrogen) atoms. The van der Waals surface area contributed by atoms with Crippen LogP contribution in [0.5, 0.6) is 0 Å². The third kappa shape index (κ3) is 2.72. The molecule has 1 aromatic carbocycles. The van der Waals surface area contributed by atoms with E-state index in [0.29, 0.717) is 11.1 Å². The molecule has 0 radical (unpaired) electrons. The van der Waals surface area contributed by atoms with Gasteiger partial charge in [-0.25, -0.2) is 4.68 Å². The van der Waals surface area contributed by atoms with Crippen molar-refractivity contribution >= 4 is 28.3 Å². The van der Waals surface area contributed by atoms with Crippen molar-refractivity contribution in [3.8, 4) is 0 Å². The van der Waals surface area contributed by atoms with E-state index in [1.165, 1.54) is 11.3 Å². The molecule has 1 unspecified atom stereocenters. The Morgan fingerprint density at radius 2 is 2.27 bits per heavy atom. The van der Waals surface area contributed by atoms with Crippen LogP contribution in [-0.4, -0.2) is 32.6 Å². The van der Waals surface area contributed by atoms with E-state index in [4.69, 9.17) is 0 Å². The van der Waals surface area contributed by atoms with Gasteiger partial charge in [-0.05, 0) is 47.5 Å². The highest BCUT2D eigenvalue weighted by molar-refractivity contribution is 7.08. The molecule has 0 aliphatic rings. The standard InChI is InChI=1S/C15H16N4O2S/c1-15(21,11-5-6-22-8-11)9-16-14(20)10-3-4-13-12(7-10)17-18-19(13)2/h3-8,21H,9H2,1-2H3,(H,16,20). The second-order valence-corrected chi connectivity index (χ2v) is 6.17. The van der Waals surface area contributed by atoms with Gasteiger partial charge in [0.15, 0.2) is 0 Å². The quantitative estimate of drug-likeness (QED) is 0.767.